The number of halogens is 2. The summed E-state index contributed by atoms with van der Waals surface area (Å²) in [4.78, 5) is 3.75. The molecule has 0 aliphatic heterocycles. The van der Waals surface area contributed by atoms with E-state index in [0.29, 0.717) is 24.5 Å². The first-order valence-corrected chi connectivity index (χ1v) is 4.44. The molecule has 0 saturated carbocycles. The molecule has 1 aromatic heterocycles. The first kappa shape index (κ1) is 8.66. The van der Waals surface area contributed by atoms with Crippen LogP contribution in [0.25, 0.3) is 0 Å². The lowest BCUT2D eigenvalue weighted by Crippen LogP contribution is -2.13. The van der Waals surface area contributed by atoms with Crippen LogP contribution in [0.4, 0.5) is 8.78 Å². The van der Waals surface area contributed by atoms with Crippen LogP contribution >= 0.6 is 0 Å². The predicted octanol–water partition coefficient (Wildman–Crippen LogP) is 2.80. The highest BCUT2D eigenvalue weighted by Crippen LogP contribution is 2.38. The number of hydrogen-bond donors (Lipinski definition) is 0. The molecule has 13 heavy (non-hydrogen) atoms. The number of hydrogen-bond acceptors (Lipinski definition) is 2. The smallest absolute Gasteiger partial charge is 0.293 e. The molecule has 72 valence electrons. The zero-order chi connectivity index (χ0) is 9.47. The highest BCUT2D eigenvalue weighted by molar-refractivity contribution is 5.17. The molecule has 0 N–H and O–H groups in total. The van der Waals surface area contributed by atoms with Gasteiger partial charge in [-0.2, -0.15) is 8.78 Å². The van der Waals surface area contributed by atoms with E-state index in [9.17, 15) is 8.78 Å². The minimum atomic E-state index is -2.79. The summed E-state index contributed by atoms with van der Waals surface area (Å²) < 4.78 is 31.8. The number of rotatable bonds is 0. The van der Waals surface area contributed by atoms with Crippen molar-refractivity contribution >= 4 is 0 Å². The number of alkyl halides is 2. The quantitative estimate of drug-likeness (QED) is 0.584. The molecule has 1 aromatic rings. The maximum atomic E-state index is 13.3. The van der Waals surface area contributed by atoms with Gasteiger partial charge in [0.15, 0.2) is 11.6 Å². The minimum Gasteiger partial charge on any atom is -0.446 e. The van der Waals surface area contributed by atoms with Crippen molar-refractivity contribution in [3.63, 3.8) is 0 Å². The summed E-state index contributed by atoms with van der Waals surface area (Å²) in [5.74, 6) is -2.07. The second-order valence-corrected chi connectivity index (χ2v) is 3.42. The third-order valence-electron chi connectivity index (χ3n) is 2.30. The first-order chi connectivity index (χ1) is 6.09. The Morgan fingerprint density at radius 3 is 2.92 bits per heavy atom. The molecule has 0 bridgehead atoms. The van der Waals surface area contributed by atoms with Crippen LogP contribution in [0.3, 0.4) is 0 Å². The number of aryl methyl sites for hydroxylation is 2. The summed E-state index contributed by atoms with van der Waals surface area (Å²) in [7, 11) is 0. The normalized spacial score (nSPS) is 20.8. The maximum absolute atomic E-state index is 13.3. The van der Waals surface area contributed by atoms with Gasteiger partial charge in [0, 0.05) is 19.8 Å². The van der Waals surface area contributed by atoms with Crippen molar-refractivity contribution in [2.75, 3.05) is 0 Å². The van der Waals surface area contributed by atoms with Gasteiger partial charge in [0.2, 0.25) is 0 Å². The van der Waals surface area contributed by atoms with Crippen LogP contribution in [0.15, 0.2) is 4.42 Å². The van der Waals surface area contributed by atoms with E-state index in [-0.39, 0.29) is 12.1 Å². The van der Waals surface area contributed by atoms with Crippen molar-refractivity contribution in [3.8, 4) is 0 Å². The Labute approximate surface area is 75.0 Å². The molecule has 0 fully saturated rings. The largest absolute Gasteiger partial charge is 0.446 e. The fraction of sp³-hybridized carbons (Fsp3) is 0.667. The maximum Gasteiger partial charge on any atom is 0.293 e. The van der Waals surface area contributed by atoms with Crippen molar-refractivity contribution in [2.45, 2.75) is 38.5 Å². The molecule has 1 heterocycles. The lowest BCUT2D eigenvalue weighted by atomic mass is 10.1. The second-order valence-electron chi connectivity index (χ2n) is 3.42. The van der Waals surface area contributed by atoms with E-state index < -0.39 is 5.92 Å². The van der Waals surface area contributed by atoms with Crippen LogP contribution in [0.1, 0.15) is 36.6 Å². The second kappa shape index (κ2) is 2.79. The van der Waals surface area contributed by atoms with Crippen LogP contribution < -0.4 is 0 Å². The number of fused-ring (bicyclic) bond motifs is 1. The standard InChI is InChI=1S/C9H11F2NO/c1-6-12-8-7(13-6)4-2-3-5-9(8,10)11/h2-5H2,1H3. The lowest BCUT2D eigenvalue weighted by molar-refractivity contribution is -0.0180. The van der Waals surface area contributed by atoms with Crippen LogP contribution in [-0.2, 0) is 12.3 Å². The van der Waals surface area contributed by atoms with Crippen molar-refractivity contribution in [1.82, 2.24) is 4.98 Å². The monoisotopic (exact) mass is 187 g/mol. The van der Waals surface area contributed by atoms with Gasteiger partial charge in [-0.3, -0.25) is 0 Å². The molecule has 0 saturated heterocycles. The molecule has 0 unspecified atom stereocenters. The van der Waals surface area contributed by atoms with Gasteiger partial charge < -0.3 is 4.42 Å². The summed E-state index contributed by atoms with van der Waals surface area (Å²) in [6, 6.07) is 0. The number of oxazole rings is 1. The highest BCUT2D eigenvalue weighted by Gasteiger charge is 2.39. The Morgan fingerprint density at radius 1 is 1.38 bits per heavy atom. The zero-order valence-electron chi connectivity index (χ0n) is 7.44. The van der Waals surface area contributed by atoms with Gasteiger partial charge in [-0.05, 0) is 12.8 Å². The Balaban J connectivity index is 2.47. The third-order valence-corrected chi connectivity index (χ3v) is 2.30. The van der Waals surface area contributed by atoms with Gasteiger partial charge in [-0.1, -0.05) is 0 Å². The SMILES string of the molecule is Cc1nc2c(o1)CCCCC2(F)F. The summed E-state index contributed by atoms with van der Waals surface area (Å²) in [5.41, 5.74) is -0.137. The zero-order valence-corrected chi connectivity index (χ0v) is 7.44. The van der Waals surface area contributed by atoms with Gasteiger partial charge in [0.25, 0.3) is 5.92 Å². The molecule has 0 aromatic carbocycles. The van der Waals surface area contributed by atoms with Crippen molar-refractivity contribution < 1.29 is 13.2 Å². The predicted molar refractivity (Wildman–Crippen MR) is 42.7 cm³/mol. The van der Waals surface area contributed by atoms with E-state index in [2.05, 4.69) is 4.98 Å². The number of aromatic nitrogens is 1. The van der Waals surface area contributed by atoms with Gasteiger partial charge in [-0.25, -0.2) is 4.98 Å². The average Bonchev–Trinajstić information content (AvgIpc) is 2.36. The van der Waals surface area contributed by atoms with Crippen LogP contribution in [0.5, 0.6) is 0 Å². The summed E-state index contributed by atoms with van der Waals surface area (Å²) in [5, 5.41) is 0. The van der Waals surface area contributed by atoms with Crippen LogP contribution in [-0.4, -0.2) is 4.98 Å². The van der Waals surface area contributed by atoms with E-state index in [1.165, 1.54) is 0 Å². The molecular weight excluding hydrogens is 176 g/mol. The Hall–Kier alpha value is -0.930. The first-order valence-electron chi connectivity index (χ1n) is 4.44. The summed E-state index contributed by atoms with van der Waals surface area (Å²) in [6.07, 6.45) is 1.78. The average molecular weight is 187 g/mol. The molecule has 2 rings (SSSR count). The van der Waals surface area contributed by atoms with Crippen molar-refractivity contribution in [1.29, 1.82) is 0 Å². The summed E-state index contributed by atoms with van der Waals surface area (Å²) in [6.45, 7) is 1.60. The van der Waals surface area contributed by atoms with E-state index in [0.717, 1.165) is 6.42 Å². The van der Waals surface area contributed by atoms with E-state index in [1.807, 2.05) is 0 Å². The molecular formula is C9H11F2NO. The van der Waals surface area contributed by atoms with Gasteiger partial charge >= 0.3 is 0 Å². The topological polar surface area (TPSA) is 26.0 Å². The van der Waals surface area contributed by atoms with E-state index in [4.69, 9.17) is 4.42 Å². The van der Waals surface area contributed by atoms with Crippen molar-refractivity contribution in [3.05, 3.63) is 17.3 Å². The molecule has 1 aliphatic carbocycles. The van der Waals surface area contributed by atoms with Crippen LogP contribution in [0.2, 0.25) is 0 Å². The third kappa shape index (κ3) is 1.45. The van der Waals surface area contributed by atoms with E-state index >= 15 is 0 Å². The lowest BCUT2D eigenvalue weighted by Gasteiger charge is -2.10. The molecule has 4 heteroatoms. The molecule has 0 amide bonds. The summed E-state index contributed by atoms with van der Waals surface area (Å²) >= 11 is 0. The highest BCUT2D eigenvalue weighted by atomic mass is 19.3. The van der Waals surface area contributed by atoms with Gasteiger partial charge in [0.1, 0.15) is 5.76 Å². The van der Waals surface area contributed by atoms with Gasteiger partial charge in [-0.15, -0.1) is 0 Å². The minimum absolute atomic E-state index is 0.105. The molecule has 0 atom stereocenters. The molecule has 2 nitrogen and oxygen atoms in total. The molecule has 0 radical (unpaired) electrons. The van der Waals surface area contributed by atoms with Gasteiger partial charge in [0.05, 0.1) is 0 Å². The van der Waals surface area contributed by atoms with Crippen molar-refractivity contribution in [2.24, 2.45) is 0 Å². The molecule has 1 aliphatic rings. The fourth-order valence-electron chi connectivity index (χ4n) is 1.68. The Kier molecular flexibility index (Phi) is 1.86. The van der Waals surface area contributed by atoms with Crippen LogP contribution in [0, 0.1) is 6.92 Å². The Morgan fingerprint density at radius 2 is 2.15 bits per heavy atom. The van der Waals surface area contributed by atoms with E-state index in [1.54, 1.807) is 6.92 Å². The molecule has 0 spiro atoms. The Bertz CT molecular complexity index is 319. The number of nitrogens with zero attached hydrogens (tertiary/aromatic N) is 1. The fourth-order valence-corrected chi connectivity index (χ4v) is 1.68.